The fourth-order valence-corrected chi connectivity index (χ4v) is 11.3. The molecule has 1 aliphatic heterocycles. The van der Waals surface area contributed by atoms with Gasteiger partial charge in [-0.15, -0.1) is 0 Å². The monoisotopic (exact) mass is 761 g/mol. The highest BCUT2D eigenvalue weighted by molar-refractivity contribution is 6.20. The van der Waals surface area contributed by atoms with Crippen molar-refractivity contribution in [2.75, 3.05) is 0 Å². The van der Waals surface area contributed by atoms with Crippen LogP contribution >= 0.6 is 0 Å². The number of aromatic nitrogens is 5. The van der Waals surface area contributed by atoms with Crippen LogP contribution in [-0.4, -0.2) is 24.1 Å². The molecule has 0 saturated carbocycles. The van der Waals surface area contributed by atoms with Crippen molar-refractivity contribution in [1.29, 1.82) is 0 Å². The van der Waals surface area contributed by atoms with E-state index in [1.165, 1.54) is 55.1 Å². The van der Waals surface area contributed by atoms with Crippen molar-refractivity contribution in [3.8, 4) is 34.2 Å². The Kier molecular flexibility index (Phi) is 6.45. The van der Waals surface area contributed by atoms with Crippen molar-refractivity contribution >= 4 is 54.6 Å². The molecule has 59 heavy (non-hydrogen) atoms. The quantitative estimate of drug-likeness (QED) is 0.165. The molecule has 0 N–H and O–H groups in total. The minimum Gasteiger partial charge on any atom is -0.453 e. The summed E-state index contributed by atoms with van der Waals surface area (Å²) in [6.45, 7) is 9.53. The first-order chi connectivity index (χ1) is 28.9. The summed E-state index contributed by atoms with van der Waals surface area (Å²) in [5.74, 6) is 2.37. The van der Waals surface area contributed by atoms with Crippen LogP contribution in [0.15, 0.2) is 161 Å². The fourth-order valence-electron chi connectivity index (χ4n) is 11.3. The lowest BCUT2D eigenvalue weighted by atomic mass is 9.60. The number of benzene rings is 6. The molecule has 4 unspecified atom stereocenters. The maximum Gasteiger partial charge on any atom is 0.167 e. The Bertz CT molecular complexity index is 3510. The van der Waals surface area contributed by atoms with Gasteiger partial charge in [-0.25, -0.2) is 15.0 Å². The number of hydrogen-bond acceptors (Lipinski definition) is 4. The normalized spacial score (nSPS) is 20.6. The van der Waals surface area contributed by atoms with Gasteiger partial charge in [-0.2, -0.15) is 0 Å². The molecule has 6 bridgehead atoms. The van der Waals surface area contributed by atoms with Gasteiger partial charge in [-0.3, -0.25) is 0 Å². The van der Waals surface area contributed by atoms with E-state index >= 15 is 0 Å². The van der Waals surface area contributed by atoms with Gasteiger partial charge < -0.3 is 13.6 Å². The van der Waals surface area contributed by atoms with Crippen LogP contribution in [0.1, 0.15) is 56.6 Å². The summed E-state index contributed by atoms with van der Waals surface area (Å²) >= 11 is 0. The molecule has 10 aromatic rings. The molecule has 4 aromatic heterocycles. The van der Waals surface area contributed by atoms with Crippen LogP contribution in [-0.2, 0) is 5.41 Å². The summed E-state index contributed by atoms with van der Waals surface area (Å²) in [7, 11) is 0. The number of allylic oxidation sites excluding steroid dienone is 4. The number of furan rings is 1. The number of fused-ring (bicyclic) bond motifs is 13. The summed E-state index contributed by atoms with van der Waals surface area (Å²) < 4.78 is 12.3. The van der Waals surface area contributed by atoms with Crippen molar-refractivity contribution in [2.45, 2.75) is 44.9 Å². The molecule has 282 valence electrons. The topological polar surface area (TPSA) is 61.7 Å². The van der Waals surface area contributed by atoms with Gasteiger partial charge in [-0.1, -0.05) is 142 Å². The van der Waals surface area contributed by atoms with Gasteiger partial charge in [0, 0.05) is 55.7 Å². The molecule has 6 heteroatoms. The van der Waals surface area contributed by atoms with E-state index in [2.05, 4.69) is 164 Å². The second-order valence-electron chi connectivity index (χ2n) is 17.0. The van der Waals surface area contributed by atoms with E-state index in [-0.39, 0.29) is 17.8 Å². The van der Waals surface area contributed by atoms with Crippen LogP contribution in [0.3, 0.4) is 0 Å². The molecule has 2 aliphatic carbocycles. The van der Waals surface area contributed by atoms with Gasteiger partial charge >= 0.3 is 0 Å². The van der Waals surface area contributed by atoms with E-state index in [0.717, 1.165) is 50.3 Å². The predicted molar refractivity (Wildman–Crippen MR) is 239 cm³/mol. The van der Waals surface area contributed by atoms with Crippen LogP contribution in [0.4, 0.5) is 0 Å². The van der Waals surface area contributed by atoms with Crippen LogP contribution in [0.25, 0.3) is 88.8 Å². The lowest BCUT2D eigenvalue weighted by Gasteiger charge is -2.44. The molecule has 4 atom stereocenters. The van der Waals surface area contributed by atoms with Gasteiger partial charge in [0.05, 0.1) is 33.2 Å². The SMILES string of the molecule is CC1C=CC2(C)C3=C1C(C)c1c(n(c4c1ccc1c5ccccc5n(-c5ccccc5)c14)-c1cccc4c1oc1c(cccc14)-c1nc(-c4ccccc4)nc2n1)C3C. The van der Waals surface area contributed by atoms with Gasteiger partial charge in [0.15, 0.2) is 17.2 Å². The Labute approximate surface area is 340 Å². The number of hydrogen-bond donors (Lipinski definition) is 0. The van der Waals surface area contributed by atoms with E-state index in [1.807, 2.05) is 18.2 Å². The lowest BCUT2D eigenvalue weighted by molar-refractivity contribution is 0.512. The number of para-hydroxylation sites is 4. The molecule has 0 saturated heterocycles. The second-order valence-corrected chi connectivity index (χ2v) is 17.0. The number of nitrogens with zero attached hydrogens (tertiary/aromatic N) is 5. The van der Waals surface area contributed by atoms with E-state index in [9.17, 15) is 0 Å². The molecule has 13 rings (SSSR count). The third-order valence-electron chi connectivity index (χ3n) is 13.8. The van der Waals surface area contributed by atoms with Crippen LogP contribution in [0.2, 0.25) is 0 Å². The third kappa shape index (κ3) is 4.18. The summed E-state index contributed by atoms with van der Waals surface area (Å²) in [6.07, 6.45) is 4.77. The molecular weight excluding hydrogens is 723 g/mol. The van der Waals surface area contributed by atoms with Gasteiger partial charge in [0.1, 0.15) is 11.4 Å². The smallest absolute Gasteiger partial charge is 0.167 e. The Hall–Kier alpha value is -7.05. The van der Waals surface area contributed by atoms with Crippen LogP contribution in [0.5, 0.6) is 0 Å². The van der Waals surface area contributed by atoms with E-state index in [4.69, 9.17) is 19.4 Å². The summed E-state index contributed by atoms with van der Waals surface area (Å²) in [6, 6.07) is 47.8. The Morgan fingerprint density at radius 3 is 2.08 bits per heavy atom. The Balaban J connectivity index is 1.26. The van der Waals surface area contributed by atoms with Crippen molar-refractivity contribution in [3.05, 3.63) is 174 Å². The Morgan fingerprint density at radius 2 is 1.25 bits per heavy atom. The highest BCUT2D eigenvalue weighted by Gasteiger charge is 2.48. The van der Waals surface area contributed by atoms with E-state index in [1.54, 1.807) is 0 Å². The van der Waals surface area contributed by atoms with Gasteiger partial charge in [-0.05, 0) is 54.3 Å². The highest BCUT2D eigenvalue weighted by atomic mass is 16.3. The first kappa shape index (κ1) is 33.0. The molecular formula is C53H39N5O. The first-order valence-electron chi connectivity index (χ1n) is 20.8. The largest absolute Gasteiger partial charge is 0.453 e. The molecule has 0 radical (unpaired) electrons. The zero-order valence-electron chi connectivity index (χ0n) is 33.2. The molecule has 0 spiro atoms. The lowest BCUT2D eigenvalue weighted by Crippen LogP contribution is -2.37. The minimum absolute atomic E-state index is 0.00118. The maximum absolute atomic E-state index is 7.25. The van der Waals surface area contributed by atoms with Gasteiger partial charge in [0.2, 0.25) is 0 Å². The standard InChI is InChI=1S/C53H39N5O/c1-29-27-28-53(4)44-31(3)45-43(30(2)42(29)44)38-26-25-35-34-19-11-12-23-40(34)57(33-17-9-6-10-18-33)46(35)47(38)58(45)41-24-14-21-37-36-20-13-22-39(48(36)59-49(37)41)51-54-50(55-52(53)56-51)32-15-7-5-8-16-32/h5-31H,1-4H3. The Morgan fingerprint density at radius 1 is 0.576 bits per heavy atom. The van der Waals surface area contributed by atoms with Gasteiger partial charge in [0.25, 0.3) is 0 Å². The average Bonchev–Trinajstić information content (AvgIpc) is 3.95. The molecule has 0 amide bonds. The molecule has 0 fully saturated rings. The predicted octanol–water partition coefficient (Wildman–Crippen LogP) is 13.1. The highest BCUT2D eigenvalue weighted by Crippen LogP contribution is 2.58. The average molecular weight is 762 g/mol. The first-order valence-corrected chi connectivity index (χ1v) is 20.8. The molecule has 6 nitrogen and oxygen atoms in total. The summed E-state index contributed by atoms with van der Waals surface area (Å²) in [5.41, 5.74) is 14.1. The van der Waals surface area contributed by atoms with E-state index in [0.29, 0.717) is 11.6 Å². The fraction of sp³-hybridized carbons (Fsp3) is 0.151. The zero-order valence-corrected chi connectivity index (χ0v) is 33.2. The van der Waals surface area contributed by atoms with Crippen LogP contribution in [0, 0.1) is 5.92 Å². The summed E-state index contributed by atoms with van der Waals surface area (Å²) in [5, 5.41) is 5.84. The second kappa shape index (κ2) is 11.5. The van der Waals surface area contributed by atoms with Crippen molar-refractivity contribution in [1.82, 2.24) is 24.1 Å². The van der Waals surface area contributed by atoms with Crippen LogP contribution < -0.4 is 0 Å². The molecule has 5 heterocycles. The maximum atomic E-state index is 7.25. The van der Waals surface area contributed by atoms with Crippen molar-refractivity contribution in [3.63, 3.8) is 0 Å². The molecule has 6 aromatic carbocycles. The zero-order chi connectivity index (χ0) is 39.3. The van der Waals surface area contributed by atoms with Crippen molar-refractivity contribution in [2.24, 2.45) is 5.92 Å². The third-order valence-corrected chi connectivity index (χ3v) is 13.8. The van der Waals surface area contributed by atoms with E-state index < -0.39 is 5.41 Å². The van der Waals surface area contributed by atoms with Crippen molar-refractivity contribution < 1.29 is 4.42 Å². The summed E-state index contributed by atoms with van der Waals surface area (Å²) in [4.78, 5) is 16.1. The minimum atomic E-state index is -0.620. The number of rotatable bonds is 2. The molecule has 3 aliphatic rings.